The molecule has 2 rings (SSSR count). The molecule has 0 aliphatic rings. The van der Waals surface area contributed by atoms with Gasteiger partial charge in [0, 0.05) is 16.9 Å². The van der Waals surface area contributed by atoms with E-state index in [-0.39, 0.29) is 16.2 Å². The third kappa shape index (κ3) is 3.89. The maximum atomic E-state index is 12.4. The average Bonchev–Trinajstić information content (AvgIpc) is 2.46. The van der Waals surface area contributed by atoms with Gasteiger partial charge in [0.05, 0.1) is 16.2 Å². The lowest BCUT2D eigenvalue weighted by Crippen LogP contribution is -2.14. The summed E-state index contributed by atoms with van der Waals surface area (Å²) in [6.45, 7) is 0. The van der Waals surface area contributed by atoms with Gasteiger partial charge in [-0.3, -0.25) is 4.98 Å². The summed E-state index contributed by atoms with van der Waals surface area (Å²) < 4.78 is 25.3. The van der Waals surface area contributed by atoms with Gasteiger partial charge in [0.15, 0.2) is 9.84 Å². The third-order valence-electron chi connectivity index (χ3n) is 2.92. The van der Waals surface area contributed by atoms with Crippen LogP contribution in [0.1, 0.15) is 15.9 Å². The molecule has 0 atom stereocenters. The molecule has 0 saturated carbocycles. The molecular formula is C14H12BrNO4S. The summed E-state index contributed by atoms with van der Waals surface area (Å²) in [6, 6.07) is 7.57. The SMILES string of the molecule is O=C(O)c1ccc(Br)cc1S(=O)(=O)CCc1ccncc1. The van der Waals surface area contributed by atoms with Crippen LogP contribution in [0.2, 0.25) is 0 Å². The largest absolute Gasteiger partial charge is 0.478 e. The number of rotatable bonds is 5. The summed E-state index contributed by atoms with van der Waals surface area (Å²) in [6.07, 6.45) is 3.48. The molecule has 0 spiro atoms. The van der Waals surface area contributed by atoms with E-state index in [2.05, 4.69) is 20.9 Å². The first-order valence-corrected chi connectivity index (χ1v) is 8.49. The standard InChI is InChI=1S/C14H12BrNO4S/c15-11-1-2-12(14(17)18)13(9-11)21(19,20)8-5-10-3-6-16-7-4-10/h1-4,6-7,9H,5,8H2,(H,17,18). The zero-order valence-electron chi connectivity index (χ0n) is 10.9. The van der Waals surface area contributed by atoms with Crippen molar-refractivity contribution in [2.75, 3.05) is 5.75 Å². The Labute approximate surface area is 130 Å². The van der Waals surface area contributed by atoms with E-state index in [1.807, 2.05) is 0 Å². The number of carboxylic acid groups (broad SMARTS) is 1. The summed E-state index contributed by atoms with van der Waals surface area (Å²) in [7, 11) is -3.69. The number of hydrogen-bond donors (Lipinski definition) is 1. The molecule has 0 unspecified atom stereocenters. The zero-order chi connectivity index (χ0) is 15.5. The van der Waals surface area contributed by atoms with Gasteiger partial charge in [0.2, 0.25) is 0 Å². The maximum Gasteiger partial charge on any atom is 0.337 e. The van der Waals surface area contributed by atoms with Crippen LogP contribution < -0.4 is 0 Å². The minimum absolute atomic E-state index is 0.159. The van der Waals surface area contributed by atoms with E-state index in [0.717, 1.165) is 5.56 Å². The molecule has 0 amide bonds. The predicted octanol–water partition coefficient (Wildman–Crippen LogP) is 2.56. The van der Waals surface area contributed by atoms with Crippen molar-refractivity contribution in [3.8, 4) is 0 Å². The highest BCUT2D eigenvalue weighted by Gasteiger charge is 2.22. The van der Waals surface area contributed by atoms with E-state index in [1.54, 1.807) is 24.5 Å². The Morgan fingerprint density at radius 3 is 2.48 bits per heavy atom. The Bertz CT molecular complexity index is 760. The molecule has 1 aromatic heterocycles. The molecule has 0 radical (unpaired) electrons. The number of halogens is 1. The highest BCUT2D eigenvalue weighted by atomic mass is 79.9. The number of pyridine rings is 1. The van der Waals surface area contributed by atoms with Crippen LogP contribution in [0.5, 0.6) is 0 Å². The fraction of sp³-hybridized carbons (Fsp3) is 0.143. The number of aromatic carboxylic acids is 1. The van der Waals surface area contributed by atoms with Gasteiger partial charge in [-0.2, -0.15) is 0 Å². The van der Waals surface area contributed by atoms with E-state index in [0.29, 0.717) is 10.9 Å². The van der Waals surface area contributed by atoms with Crippen LogP contribution in [0.4, 0.5) is 0 Å². The van der Waals surface area contributed by atoms with Gasteiger partial charge in [-0.1, -0.05) is 15.9 Å². The summed E-state index contributed by atoms with van der Waals surface area (Å²) in [4.78, 5) is 14.9. The van der Waals surface area contributed by atoms with Crippen LogP contribution in [-0.4, -0.2) is 30.2 Å². The van der Waals surface area contributed by atoms with Gasteiger partial charge in [-0.15, -0.1) is 0 Å². The smallest absolute Gasteiger partial charge is 0.337 e. The summed E-state index contributed by atoms with van der Waals surface area (Å²) in [5.74, 6) is -1.42. The number of carbonyl (C=O) groups is 1. The van der Waals surface area contributed by atoms with Crippen molar-refractivity contribution in [1.82, 2.24) is 4.98 Å². The number of benzene rings is 1. The Morgan fingerprint density at radius 1 is 1.19 bits per heavy atom. The van der Waals surface area contributed by atoms with E-state index in [9.17, 15) is 13.2 Å². The minimum atomic E-state index is -3.69. The number of sulfone groups is 1. The second-order valence-electron chi connectivity index (χ2n) is 4.37. The van der Waals surface area contributed by atoms with Crippen molar-refractivity contribution in [2.45, 2.75) is 11.3 Å². The van der Waals surface area contributed by atoms with E-state index >= 15 is 0 Å². The fourth-order valence-corrected chi connectivity index (χ4v) is 3.88. The lowest BCUT2D eigenvalue weighted by molar-refractivity contribution is 0.0692. The van der Waals surface area contributed by atoms with Crippen molar-refractivity contribution in [3.05, 3.63) is 58.3 Å². The Balaban J connectivity index is 2.31. The molecule has 21 heavy (non-hydrogen) atoms. The van der Waals surface area contributed by atoms with Gasteiger partial charge in [0.25, 0.3) is 0 Å². The first kappa shape index (κ1) is 15.7. The molecule has 1 aromatic carbocycles. The van der Waals surface area contributed by atoms with Gasteiger partial charge in [-0.25, -0.2) is 13.2 Å². The zero-order valence-corrected chi connectivity index (χ0v) is 13.3. The molecule has 0 aliphatic heterocycles. The molecule has 0 aliphatic carbocycles. The number of aromatic nitrogens is 1. The van der Waals surface area contributed by atoms with E-state index in [1.165, 1.54) is 18.2 Å². The second-order valence-corrected chi connectivity index (χ2v) is 7.36. The van der Waals surface area contributed by atoms with Gasteiger partial charge in [0.1, 0.15) is 0 Å². The molecule has 2 aromatic rings. The first-order valence-electron chi connectivity index (χ1n) is 6.04. The lowest BCUT2D eigenvalue weighted by atomic mass is 10.2. The molecule has 1 heterocycles. The van der Waals surface area contributed by atoms with Crippen LogP contribution in [0, 0.1) is 0 Å². The number of hydrogen-bond acceptors (Lipinski definition) is 4. The van der Waals surface area contributed by atoms with E-state index in [4.69, 9.17) is 5.11 Å². The first-order chi connectivity index (χ1) is 9.90. The average molecular weight is 370 g/mol. The molecule has 0 fully saturated rings. The normalized spacial score (nSPS) is 11.3. The highest BCUT2D eigenvalue weighted by molar-refractivity contribution is 9.10. The van der Waals surface area contributed by atoms with Crippen LogP contribution >= 0.6 is 15.9 Å². The quantitative estimate of drug-likeness (QED) is 0.875. The molecule has 7 heteroatoms. The number of nitrogens with zero attached hydrogens (tertiary/aromatic N) is 1. The Morgan fingerprint density at radius 2 is 1.86 bits per heavy atom. The summed E-state index contributed by atoms with van der Waals surface area (Å²) >= 11 is 3.17. The second kappa shape index (κ2) is 6.36. The molecule has 110 valence electrons. The van der Waals surface area contributed by atoms with E-state index < -0.39 is 15.8 Å². The summed E-state index contributed by atoms with van der Waals surface area (Å²) in [5, 5.41) is 9.12. The molecule has 0 bridgehead atoms. The van der Waals surface area contributed by atoms with Crippen molar-refractivity contribution < 1.29 is 18.3 Å². The fourth-order valence-electron chi connectivity index (χ4n) is 1.84. The van der Waals surface area contributed by atoms with Crippen LogP contribution in [0.3, 0.4) is 0 Å². The van der Waals surface area contributed by atoms with Crippen molar-refractivity contribution in [1.29, 1.82) is 0 Å². The van der Waals surface area contributed by atoms with Crippen LogP contribution in [0.25, 0.3) is 0 Å². The topological polar surface area (TPSA) is 84.3 Å². The van der Waals surface area contributed by atoms with Crippen LogP contribution in [-0.2, 0) is 16.3 Å². The van der Waals surface area contributed by atoms with Gasteiger partial charge in [-0.05, 0) is 42.3 Å². The monoisotopic (exact) mass is 369 g/mol. The van der Waals surface area contributed by atoms with Crippen molar-refractivity contribution in [2.24, 2.45) is 0 Å². The molecule has 1 N–H and O–H groups in total. The number of carboxylic acids is 1. The van der Waals surface area contributed by atoms with Crippen molar-refractivity contribution >= 4 is 31.7 Å². The Kier molecular flexibility index (Phi) is 4.74. The molecule has 5 nitrogen and oxygen atoms in total. The van der Waals surface area contributed by atoms with Gasteiger partial charge >= 0.3 is 5.97 Å². The minimum Gasteiger partial charge on any atom is -0.478 e. The summed E-state index contributed by atoms with van der Waals surface area (Å²) in [5.41, 5.74) is 0.619. The molecule has 0 saturated heterocycles. The number of aryl methyl sites for hydroxylation is 1. The van der Waals surface area contributed by atoms with Gasteiger partial charge < -0.3 is 5.11 Å². The Hall–Kier alpha value is -1.73. The maximum absolute atomic E-state index is 12.4. The third-order valence-corrected chi connectivity index (χ3v) is 5.16. The molecular weight excluding hydrogens is 358 g/mol. The van der Waals surface area contributed by atoms with Crippen LogP contribution in [0.15, 0.2) is 52.1 Å². The predicted molar refractivity (Wildman–Crippen MR) is 81.1 cm³/mol. The highest BCUT2D eigenvalue weighted by Crippen LogP contribution is 2.23. The lowest BCUT2D eigenvalue weighted by Gasteiger charge is -2.08. The van der Waals surface area contributed by atoms with Crippen molar-refractivity contribution in [3.63, 3.8) is 0 Å².